The van der Waals surface area contributed by atoms with E-state index < -0.39 is 0 Å². The zero-order valence-corrected chi connectivity index (χ0v) is 13.0. The van der Waals surface area contributed by atoms with Crippen molar-refractivity contribution in [3.05, 3.63) is 53.4 Å². The standard InChI is InChI=1S/C16H16ClN5/c1-12(21-7-5-19-11-21)10-22-6-4-16(20-22)13-2-3-14(9-18)15(17)8-13/h2-8,12,19H,10-11H2,1H3/t12-/m0/s1. The minimum atomic E-state index is 0.351. The van der Waals surface area contributed by atoms with Crippen LogP contribution in [-0.4, -0.2) is 27.4 Å². The van der Waals surface area contributed by atoms with E-state index in [1.807, 2.05) is 29.2 Å². The molecule has 6 heteroatoms. The molecule has 112 valence electrons. The van der Waals surface area contributed by atoms with E-state index in [2.05, 4.69) is 34.5 Å². The highest BCUT2D eigenvalue weighted by atomic mass is 35.5. The molecular formula is C16H16ClN5. The predicted molar refractivity (Wildman–Crippen MR) is 85.8 cm³/mol. The first kappa shape index (κ1) is 14.5. The van der Waals surface area contributed by atoms with Gasteiger partial charge in [0.2, 0.25) is 0 Å². The van der Waals surface area contributed by atoms with Gasteiger partial charge >= 0.3 is 0 Å². The minimum absolute atomic E-state index is 0.351. The monoisotopic (exact) mass is 313 g/mol. The topological polar surface area (TPSA) is 56.9 Å². The van der Waals surface area contributed by atoms with Crippen LogP contribution in [0, 0.1) is 11.3 Å². The Bertz CT molecular complexity index is 743. The van der Waals surface area contributed by atoms with Gasteiger partial charge in [0.15, 0.2) is 0 Å². The van der Waals surface area contributed by atoms with Gasteiger partial charge in [0.25, 0.3) is 0 Å². The van der Waals surface area contributed by atoms with Gasteiger partial charge in [-0.25, -0.2) is 0 Å². The van der Waals surface area contributed by atoms with Crippen molar-refractivity contribution in [1.82, 2.24) is 20.0 Å². The van der Waals surface area contributed by atoms with Crippen LogP contribution in [0.4, 0.5) is 0 Å². The van der Waals surface area contributed by atoms with Gasteiger partial charge in [-0.2, -0.15) is 10.4 Å². The number of aromatic nitrogens is 2. The molecule has 0 saturated heterocycles. The van der Waals surface area contributed by atoms with E-state index in [1.165, 1.54) is 0 Å². The van der Waals surface area contributed by atoms with Crippen molar-refractivity contribution >= 4 is 11.6 Å². The molecule has 0 bridgehead atoms. The predicted octanol–water partition coefficient (Wildman–Crippen LogP) is 2.80. The Morgan fingerprint density at radius 2 is 2.32 bits per heavy atom. The van der Waals surface area contributed by atoms with Gasteiger partial charge in [-0.05, 0) is 25.1 Å². The summed E-state index contributed by atoms with van der Waals surface area (Å²) in [6.45, 7) is 3.80. The van der Waals surface area contributed by atoms with Gasteiger partial charge in [-0.15, -0.1) is 0 Å². The third-order valence-electron chi connectivity index (χ3n) is 3.70. The lowest BCUT2D eigenvalue weighted by molar-refractivity contribution is 0.270. The van der Waals surface area contributed by atoms with Crippen molar-refractivity contribution in [1.29, 1.82) is 5.26 Å². The molecule has 0 aliphatic carbocycles. The first-order valence-electron chi connectivity index (χ1n) is 7.06. The van der Waals surface area contributed by atoms with Crippen molar-refractivity contribution in [3.8, 4) is 17.3 Å². The SMILES string of the molecule is C[C@@H](Cn1ccc(-c2ccc(C#N)c(Cl)c2)n1)N1C=CNC1. The van der Waals surface area contributed by atoms with Gasteiger partial charge in [0.05, 0.1) is 29.5 Å². The van der Waals surface area contributed by atoms with Gasteiger partial charge in [0, 0.05) is 30.2 Å². The van der Waals surface area contributed by atoms with E-state index >= 15 is 0 Å². The summed E-state index contributed by atoms with van der Waals surface area (Å²) < 4.78 is 1.93. The zero-order valence-electron chi connectivity index (χ0n) is 12.2. The molecule has 5 nitrogen and oxygen atoms in total. The van der Waals surface area contributed by atoms with E-state index in [-0.39, 0.29) is 0 Å². The maximum atomic E-state index is 8.92. The fraction of sp³-hybridized carbons (Fsp3) is 0.250. The molecule has 1 aliphatic rings. The smallest absolute Gasteiger partial charge is 0.101 e. The maximum absolute atomic E-state index is 8.92. The zero-order chi connectivity index (χ0) is 15.5. The molecule has 0 spiro atoms. The molecule has 1 aromatic carbocycles. The summed E-state index contributed by atoms with van der Waals surface area (Å²) in [7, 11) is 0. The van der Waals surface area contributed by atoms with Crippen LogP contribution in [0.25, 0.3) is 11.3 Å². The molecule has 0 radical (unpaired) electrons. The van der Waals surface area contributed by atoms with Crippen LogP contribution in [0.3, 0.4) is 0 Å². The van der Waals surface area contributed by atoms with Crippen molar-refractivity contribution in [2.75, 3.05) is 6.67 Å². The van der Waals surface area contributed by atoms with Gasteiger partial charge < -0.3 is 10.2 Å². The molecule has 1 N–H and O–H groups in total. The quantitative estimate of drug-likeness (QED) is 0.943. The summed E-state index contributed by atoms with van der Waals surface area (Å²) in [4.78, 5) is 2.22. The second-order valence-corrected chi connectivity index (χ2v) is 5.68. The third kappa shape index (κ3) is 2.92. The highest BCUT2D eigenvalue weighted by Crippen LogP contribution is 2.24. The number of nitriles is 1. The summed E-state index contributed by atoms with van der Waals surface area (Å²) in [5, 5.41) is 17.1. The summed E-state index contributed by atoms with van der Waals surface area (Å²) in [6.07, 6.45) is 5.96. The number of hydrogen-bond acceptors (Lipinski definition) is 4. The minimum Gasteiger partial charge on any atom is -0.373 e. The van der Waals surface area contributed by atoms with Crippen LogP contribution < -0.4 is 5.32 Å². The molecule has 1 aliphatic heterocycles. The summed E-state index contributed by atoms with van der Waals surface area (Å²) >= 11 is 6.08. The molecule has 0 amide bonds. The molecule has 0 unspecified atom stereocenters. The highest BCUT2D eigenvalue weighted by Gasteiger charge is 2.14. The Morgan fingerprint density at radius 3 is 3.00 bits per heavy atom. The Labute approximate surface area is 134 Å². The second-order valence-electron chi connectivity index (χ2n) is 5.27. The molecule has 2 aromatic rings. The molecule has 3 rings (SSSR count). The number of halogens is 1. The summed E-state index contributed by atoms with van der Waals surface area (Å²) in [5.41, 5.74) is 2.25. The molecule has 1 atom stereocenters. The largest absolute Gasteiger partial charge is 0.373 e. The fourth-order valence-corrected chi connectivity index (χ4v) is 2.64. The van der Waals surface area contributed by atoms with Gasteiger partial charge in [0.1, 0.15) is 6.07 Å². The number of nitrogens with zero attached hydrogens (tertiary/aromatic N) is 4. The van der Waals surface area contributed by atoms with Crippen LogP contribution in [-0.2, 0) is 6.54 Å². The van der Waals surface area contributed by atoms with E-state index in [0.717, 1.165) is 24.5 Å². The van der Waals surface area contributed by atoms with Crippen molar-refractivity contribution in [3.63, 3.8) is 0 Å². The molecule has 2 heterocycles. The number of hydrogen-bond donors (Lipinski definition) is 1. The molecular weight excluding hydrogens is 298 g/mol. The van der Waals surface area contributed by atoms with Crippen LogP contribution in [0.1, 0.15) is 12.5 Å². The molecule has 1 aromatic heterocycles. The van der Waals surface area contributed by atoms with Crippen LogP contribution in [0.15, 0.2) is 42.9 Å². The maximum Gasteiger partial charge on any atom is 0.101 e. The van der Waals surface area contributed by atoms with Crippen LogP contribution in [0.5, 0.6) is 0 Å². The van der Waals surface area contributed by atoms with Crippen molar-refractivity contribution < 1.29 is 0 Å². The number of nitrogens with one attached hydrogen (secondary N) is 1. The number of benzene rings is 1. The average Bonchev–Trinajstić information content (AvgIpc) is 3.18. The lowest BCUT2D eigenvalue weighted by atomic mass is 10.1. The molecule has 0 saturated carbocycles. The van der Waals surface area contributed by atoms with E-state index in [1.54, 1.807) is 12.1 Å². The Kier molecular flexibility index (Phi) is 4.03. The van der Waals surface area contributed by atoms with E-state index in [4.69, 9.17) is 16.9 Å². The Balaban J connectivity index is 1.74. The first-order valence-corrected chi connectivity index (χ1v) is 7.44. The van der Waals surface area contributed by atoms with Gasteiger partial charge in [-0.3, -0.25) is 4.68 Å². The van der Waals surface area contributed by atoms with E-state index in [0.29, 0.717) is 16.6 Å². The van der Waals surface area contributed by atoms with Crippen molar-refractivity contribution in [2.24, 2.45) is 0 Å². The first-order chi connectivity index (χ1) is 10.7. The molecule has 22 heavy (non-hydrogen) atoms. The van der Waals surface area contributed by atoms with E-state index in [9.17, 15) is 0 Å². The summed E-state index contributed by atoms with van der Waals surface area (Å²) in [6, 6.07) is 9.74. The lowest BCUT2D eigenvalue weighted by Crippen LogP contribution is -2.33. The Hall–Kier alpha value is -2.45. The average molecular weight is 314 g/mol. The van der Waals surface area contributed by atoms with Crippen LogP contribution in [0.2, 0.25) is 5.02 Å². The highest BCUT2D eigenvalue weighted by molar-refractivity contribution is 6.32. The fourth-order valence-electron chi connectivity index (χ4n) is 2.42. The second kappa shape index (κ2) is 6.12. The third-order valence-corrected chi connectivity index (χ3v) is 4.01. The van der Waals surface area contributed by atoms with Crippen LogP contribution >= 0.6 is 11.6 Å². The van der Waals surface area contributed by atoms with Gasteiger partial charge in [-0.1, -0.05) is 17.7 Å². The normalized spacial score (nSPS) is 14.7. The summed E-state index contributed by atoms with van der Waals surface area (Å²) in [5.74, 6) is 0. The lowest BCUT2D eigenvalue weighted by Gasteiger charge is -2.23. The molecule has 0 fully saturated rings. The number of rotatable bonds is 4. The Morgan fingerprint density at radius 1 is 1.45 bits per heavy atom. The van der Waals surface area contributed by atoms with Crippen molar-refractivity contribution in [2.45, 2.75) is 19.5 Å².